The first kappa shape index (κ1) is 9.90. The Kier molecular flexibility index (Phi) is 2.24. The van der Waals surface area contributed by atoms with Crippen molar-refractivity contribution in [3.8, 4) is 11.5 Å². The molecule has 1 saturated heterocycles. The zero-order chi connectivity index (χ0) is 11.0. The first-order valence-corrected chi connectivity index (χ1v) is 5.60. The maximum absolute atomic E-state index is 13.0. The molecule has 0 saturated carbocycles. The van der Waals surface area contributed by atoms with Crippen LogP contribution in [0.3, 0.4) is 0 Å². The molecule has 1 aromatic carbocycles. The second-order valence-electron chi connectivity index (χ2n) is 4.45. The molecule has 1 spiro atoms. The van der Waals surface area contributed by atoms with Gasteiger partial charge in [0.2, 0.25) is 0 Å². The third kappa shape index (κ3) is 1.63. The molecule has 3 nitrogen and oxygen atoms in total. The Morgan fingerprint density at radius 3 is 3.06 bits per heavy atom. The Morgan fingerprint density at radius 1 is 1.31 bits per heavy atom. The molecule has 0 radical (unpaired) electrons. The molecule has 1 unspecified atom stereocenters. The lowest BCUT2D eigenvalue weighted by atomic mass is 9.94. The van der Waals surface area contributed by atoms with Crippen molar-refractivity contribution in [1.82, 2.24) is 5.32 Å². The number of benzene rings is 1. The molecule has 4 heteroatoms. The third-order valence-corrected chi connectivity index (χ3v) is 3.16. The number of fused-ring (bicyclic) bond motifs is 1. The minimum atomic E-state index is -0.292. The normalized spacial score (nSPS) is 28.1. The number of ether oxygens (including phenoxy) is 2. The topological polar surface area (TPSA) is 30.5 Å². The molecule has 0 amide bonds. The van der Waals surface area contributed by atoms with E-state index in [1.54, 1.807) is 6.07 Å². The van der Waals surface area contributed by atoms with E-state index in [1.807, 2.05) is 0 Å². The second-order valence-corrected chi connectivity index (χ2v) is 4.45. The molecule has 3 rings (SSSR count). The summed E-state index contributed by atoms with van der Waals surface area (Å²) in [5, 5.41) is 3.31. The van der Waals surface area contributed by atoms with Crippen LogP contribution in [0.4, 0.5) is 4.39 Å². The van der Waals surface area contributed by atoms with Gasteiger partial charge >= 0.3 is 0 Å². The van der Waals surface area contributed by atoms with Gasteiger partial charge in [-0.3, -0.25) is 0 Å². The van der Waals surface area contributed by atoms with Crippen molar-refractivity contribution in [3.05, 3.63) is 24.0 Å². The molecule has 1 fully saturated rings. The summed E-state index contributed by atoms with van der Waals surface area (Å²) >= 11 is 0. The number of piperidine rings is 1. The van der Waals surface area contributed by atoms with E-state index < -0.39 is 0 Å². The lowest BCUT2D eigenvalue weighted by Gasteiger charge is -2.41. The van der Waals surface area contributed by atoms with Crippen LogP contribution >= 0.6 is 0 Å². The Bertz CT molecular complexity index is 402. The fourth-order valence-corrected chi connectivity index (χ4v) is 2.30. The van der Waals surface area contributed by atoms with Crippen LogP contribution in [0.15, 0.2) is 18.2 Å². The largest absolute Gasteiger partial charge is 0.485 e. The van der Waals surface area contributed by atoms with Crippen LogP contribution in [0.5, 0.6) is 11.5 Å². The highest BCUT2D eigenvalue weighted by Crippen LogP contribution is 2.37. The maximum atomic E-state index is 13.0. The average Bonchev–Trinajstić information content (AvgIpc) is 2.31. The average molecular weight is 223 g/mol. The number of nitrogens with one attached hydrogen (secondary N) is 1. The summed E-state index contributed by atoms with van der Waals surface area (Å²) in [5.41, 5.74) is -0.261. The molecule has 1 N–H and O–H groups in total. The maximum Gasteiger partial charge on any atom is 0.164 e. The molecule has 2 heterocycles. The highest BCUT2D eigenvalue weighted by Gasteiger charge is 2.39. The lowest BCUT2D eigenvalue weighted by molar-refractivity contribution is -0.0253. The molecule has 0 aliphatic carbocycles. The highest BCUT2D eigenvalue weighted by molar-refractivity contribution is 5.42. The van der Waals surface area contributed by atoms with Gasteiger partial charge in [-0.2, -0.15) is 0 Å². The van der Waals surface area contributed by atoms with Gasteiger partial charge in [-0.15, -0.1) is 0 Å². The minimum Gasteiger partial charge on any atom is -0.485 e. The third-order valence-electron chi connectivity index (χ3n) is 3.16. The van der Waals surface area contributed by atoms with Crippen molar-refractivity contribution in [3.63, 3.8) is 0 Å². The predicted molar refractivity (Wildman–Crippen MR) is 57.4 cm³/mol. The van der Waals surface area contributed by atoms with Crippen LogP contribution in [0.25, 0.3) is 0 Å². The number of rotatable bonds is 0. The Morgan fingerprint density at radius 2 is 2.25 bits per heavy atom. The van der Waals surface area contributed by atoms with E-state index in [9.17, 15) is 4.39 Å². The van der Waals surface area contributed by atoms with Crippen LogP contribution in [0.2, 0.25) is 0 Å². The summed E-state index contributed by atoms with van der Waals surface area (Å²) < 4.78 is 24.5. The van der Waals surface area contributed by atoms with E-state index in [-0.39, 0.29) is 11.4 Å². The predicted octanol–water partition coefficient (Wildman–Crippen LogP) is 1.72. The zero-order valence-corrected chi connectivity index (χ0v) is 8.96. The van der Waals surface area contributed by atoms with Gasteiger partial charge in [0.05, 0.1) is 0 Å². The van der Waals surface area contributed by atoms with Crippen LogP contribution in [-0.4, -0.2) is 25.3 Å². The number of halogens is 1. The number of hydrogen-bond donors (Lipinski definition) is 1. The van der Waals surface area contributed by atoms with Gasteiger partial charge in [-0.1, -0.05) is 0 Å². The van der Waals surface area contributed by atoms with Gasteiger partial charge in [0, 0.05) is 12.6 Å². The van der Waals surface area contributed by atoms with Gasteiger partial charge in [0.25, 0.3) is 0 Å². The van der Waals surface area contributed by atoms with E-state index in [1.165, 1.54) is 12.1 Å². The first-order chi connectivity index (χ1) is 7.77. The van der Waals surface area contributed by atoms with Crippen molar-refractivity contribution < 1.29 is 13.9 Å². The highest BCUT2D eigenvalue weighted by atomic mass is 19.1. The Labute approximate surface area is 93.6 Å². The molecule has 1 aromatic rings. The minimum absolute atomic E-state index is 0.261. The van der Waals surface area contributed by atoms with Gasteiger partial charge in [-0.05, 0) is 31.5 Å². The summed E-state index contributed by atoms with van der Waals surface area (Å²) in [7, 11) is 0. The van der Waals surface area contributed by atoms with Gasteiger partial charge in [0.15, 0.2) is 17.1 Å². The van der Waals surface area contributed by atoms with Crippen LogP contribution in [-0.2, 0) is 0 Å². The molecule has 16 heavy (non-hydrogen) atoms. The van der Waals surface area contributed by atoms with E-state index in [0.717, 1.165) is 25.9 Å². The fourth-order valence-electron chi connectivity index (χ4n) is 2.30. The van der Waals surface area contributed by atoms with Crippen molar-refractivity contribution in [2.24, 2.45) is 0 Å². The van der Waals surface area contributed by atoms with Gasteiger partial charge in [0.1, 0.15) is 12.4 Å². The summed E-state index contributed by atoms with van der Waals surface area (Å²) in [6.07, 6.45) is 2.07. The lowest BCUT2D eigenvalue weighted by Crippen LogP contribution is -2.55. The van der Waals surface area contributed by atoms with Crippen molar-refractivity contribution >= 4 is 0 Å². The molecular formula is C12H14FNO2. The molecular weight excluding hydrogens is 209 g/mol. The van der Waals surface area contributed by atoms with E-state index in [0.29, 0.717) is 18.1 Å². The Hall–Kier alpha value is -1.29. The van der Waals surface area contributed by atoms with E-state index >= 15 is 0 Å². The SMILES string of the molecule is Fc1ccc2c(c1)OCC1(CCCNC1)O2. The summed E-state index contributed by atoms with van der Waals surface area (Å²) in [6.45, 7) is 2.32. The molecule has 1 atom stereocenters. The monoisotopic (exact) mass is 223 g/mol. The standard InChI is InChI=1S/C12H14FNO2/c13-9-2-3-10-11(6-9)15-8-12(16-10)4-1-5-14-7-12/h2-3,6,14H,1,4-5,7-8H2. The van der Waals surface area contributed by atoms with E-state index in [4.69, 9.17) is 9.47 Å². The molecule has 0 bridgehead atoms. The van der Waals surface area contributed by atoms with Crippen molar-refractivity contribution in [2.45, 2.75) is 18.4 Å². The zero-order valence-electron chi connectivity index (χ0n) is 8.96. The first-order valence-electron chi connectivity index (χ1n) is 5.60. The molecule has 0 aromatic heterocycles. The van der Waals surface area contributed by atoms with Crippen LogP contribution < -0.4 is 14.8 Å². The van der Waals surface area contributed by atoms with Crippen LogP contribution in [0, 0.1) is 5.82 Å². The summed E-state index contributed by atoms with van der Waals surface area (Å²) in [5.74, 6) is 0.868. The molecule has 2 aliphatic rings. The number of hydrogen-bond acceptors (Lipinski definition) is 3. The molecule has 86 valence electrons. The summed E-state index contributed by atoms with van der Waals surface area (Å²) in [4.78, 5) is 0. The van der Waals surface area contributed by atoms with Gasteiger partial charge in [-0.25, -0.2) is 4.39 Å². The molecule has 2 aliphatic heterocycles. The smallest absolute Gasteiger partial charge is 0.164 e. The van der Waals surface area contributed by atoms with Crippen molar-refractivity contribution in [1.29, 1.82) is 0 Å². The quantitative estimate of drug-likeness (QED) is 0.726. The fraction of sp³-hybridized carbons (Fsp3) is 0.500. The van der Waals surface area contributed by atoms with Crippen molar-refractivity contribution in [2.75, 3.05) is 19.7 Å². The second kappa shape index (κ2) is 3.63. The van der Waals surface area contributed by atoms with Gasteiger partial charge < -0.3 is 14.8 Å². The van der Waals surface area contributed by atoms with Crippen LogP contribution in [0.1, 0.15) is 12.8 Å². The Balaban J connectivity index is 1.88. The van der Waals surface area contributed by atoms with E-state index in [2.05, 4.69) is 5.32 Å². The summed E-state index contributed by atoms with van der Waals surface area (Å²) in [6, 6.07) is 4.41.